The van der Waals surface area contributed by atoms with Crippen molar-refractivity contribution in [1.29, 1.82) is 0 Å². The largest absolute Gasteiger partial charge is 0.493 e. The van der Waals surface area contributed by atoms with Crippen molar-refractivity contribution in [2.75, 3.05) is 13.7 Å². The van der Waals surface area contributed by atoms with Crippen LogP contribution in [0.25, 0.3) is 0 Å². The summed E-state index contributed by atoms with van der Waals surface area (Å²) in [4.78, 5) is 11.7. The number of hydrogen-bond acceptors (Lipinski definition) is 3. The van der Waals surface area contributed by atoms with Crippen molar-refractivity contribution in [3.05, 3.63) is 27.7 Å². The second-order valence-corrected chi connectivity index (χ2v) is 5.15. The maximum Gasteiger partial charge on any atom is 0.339 e. The molecule has 2 rings (SSSR count). The van der Waals surface area contributed by atoms with Gasteiger partial charge in [-0.2, -0.15) is 0 Å². The predicted octanol–water partition coefficient (Wildman–Crippen LogP) is 3.33. The molecule has 0 radical (unpaired) electrons. The van der Waals surface area contributed by atoms with Gasteiger partial charge in [-0.3, -0.25) is 0 Å². The monoisotopic (exact) mass is 298 g/mol. The van der Waals surface area contributed by atoms with Crippen LogP contribution in [0.15, 0.2) is 16.6 Å². The fraction of sp³-hybridized carbons (Fsp3) is 0.462. The number of ether oxygens (including phenoxy) is 2. The van der Waals surface area contributed by atoms with Crippen LogP contribution >= 0.6 is 15.9 Å². The molecule has 0 heterocycles. The molecule has 0 atom stereocenters. The summed E-state index contributed by atoms with van der Waals surface area (Å²) in [6.45, 7) is 2.61. The smallest absolute Gasteiger partial charge is 0.339 e. The number of halogens is 1. The molecule has 1 aromatic rings. The standard InChI is InChI=1S/C13H15BrO3/c1-8-11(17-7-9-3-4-9)6-5-10(14)12(8)13(15)16-2/h5-6,9H,3-4,7H2,1-2H3. The Balaban J connectivity index is 2.23. The van der Waals surface area contributed by atoms with Gasteiger partial charge in [0.05, 0.1) is 19.3 Å². The molecule has 1 saturated carbocycles. The summed E-state index contributed by atoms with van der Waals surface area (Å²) < 4.78 is 11.2. The number of rotatable bonds is 4. The summed E-state index contributed by atoms with van der Waals surface area (Å²) >= 11 is 3.36. The molecule has 1 aliphatic carbocycles. The second-order valence-electron chi connectivity index (χ2n) is 4.29. The molecule has 0 unspecified atom stereocenters. The van der Waals surface area contributed by atoms with E-state index in [-0.39, 0.29) is 5.97 Å². The highest BCUT2D eigenvalue weighted by molar-refractivity contribution is 9.10. The molecule has 0 amide bonds. The molecule has 0 bridgehead atoms. The van der Waals surface area contributed by atoms with E-state index >= 15 is 0 Å². The zero-order chi connectivity index (χ0) is 12.4. The molecule has 0 spiro atoms. The number of methoxy groups -OCH3 is 1. The van der Waals surface area contributed by atoms with E-state index in [1.807, 2.05) is 19.1 Å². The predicted molar refractivity (Wildman–Crippen MR) is 68.4 cm³/mol. The Morgan fingerprint density at radius 2 is 2.18 bits per heavy atom. The van der Waals surface area contributed by atoms with E-state index in [2.05, 4.69) is 15.9 Å². The van der Waals surface area contributed by atoms with Crippen LogP contribution in [0.4, 0.5) is 0 Å². The average molecular weight is 299 g/mol. The fourth-order valence-corrected chi connectivity index (χ4v) is 2.25. The number of esters is 1. The van der Waals surface area contributed by atoms with E-state index < -0.39 is 0 Å². The Bertz CT molecular complexity index is 439. The van der Waals surface area contributed by atoms with Gasteiger partial charge in [0.15, 0.2) is 0 Å². The highest BCUT2D eigenvalue weighted by atomic mass is 79.9. The minimum Gasteiger partial charge on any atom is -0.493 e. The van der Waals surface area contributed by atoms with Gasteiger partial charge in [0.25, 0.3) is 0 Å². The van der Waals surface area contributed by atoms with Crippen molar-refractivity contribution >= 4 is 21.9 Å². The summed E-state index contributed by atoms with van der Waals surface area (Å²) in [6.07, 6.45) is 2.50. The lowest BCUT2D eigenvalue weighted by molar-refractivity contribution is 0.0598. The van der Waals surface area contributed by atoms with Gasteiger partial charge in [-0.25, -0.2) is 4.79 Å². The van der Waals surface area contributed by atoms with Gasteiger partial charge < -0.3 is 9.47 Å². The quantitative estimate of drug-likeness (QED) is 0.800. The molecular formula is C13H15BrO3. The van der Waals surface area contributed by atoms with Crippen LogP contribution in [0.1, 0.15) is 28.8 Å². The lowest BCUT2D eigenvalue weighted by Gasteiger charge is -2.12. The maximum absolute atomic E-state index is 11.7. The first-order valence-corrected chi connectivity index (χ1v) is 6.43. The first kappa shape index (κ1) is 12.4. The summed E-state index contributed by atoms with van der Waals surface area (Å²) in [5.41, 5.74) is 1.37. The molecule has 92 valence electrons. The first-order valence-electron chi connectivity index (χ1n) is 5.63. The number of carbonyl (C=O) groups is 1. The zero-order valence-electron chi connectivity index (χ0n) is 9.96. The van der Waals surface area contributed by atoms with E-state index in [0.29, 0.717) is 11.5 Å². The molecule has 1 aliphatic rings. The van der Waals surface area contributed by atoms with Crippen molar-refractivity contribution < 1.29 is 14.3 Å². The first-order chi connectivity index (χ1) is 8.13. The topological polar surface area (TPSA) is 35.5 Å². The molecule has 1 fully saturated rings. The molecular weight excluding hydrogens is 284 g/mol. The van der Waals surface area contributed by atoms with E-state index in [9.17, 15) is 4.79 Å². The molecule has 3 nitrogen and oxygen atoms in total. The number of carbonyl (C=O) groups excluding carboxylic acids is 1. The third kappa shape index (κ3) is 2.80. The van der Waals surface area contributed by atoms with Crippen LogP contribution in [-0.2, 0) is 4.74 Å². The summed E-state index contributed by atoms with van der Waals surface area (Å²) in [7, 11) is 1.38. The van der Waals surface area contributed by atoms with Crippen LogP contribution in [0.5, 0.6) is 5.75 Å². The number of benzene rings is 1. The molecule has 0 saturated heterocycles. The lowest BCUT2D eigenvalue weighted by Crippen LogP contribution is -2.08. The van der Waals surface area contributed by atoms with Crippen LogP contribution in [0, 0.1) is 12.8 Å². The van der Waals surface area contributed by atoms with Crippen LogP contribution < -0.4 is 4.74 Å². The molecule has 0 N–H and O–H groups in total. The Labute approximate surface area is 109 Å². The molecule has 0 aliphatic heterocycles. The Morgan fingerprint density at radius 3 is 2.76 bits per heavy atom. The van der Waals surface area contributed by atoms with Gasteiger partial charge >= 0.3 is 5.97 Å². The fourth-order valence-electron chi connectivity index (χ4n) is 1.66. The zero-order valence-corrected chi connectivity index (χ0v) is 11.5. The Morgan fingerprint density at radius 1 is 1.47 bits per heavy atom. The normalized spacial score (nSPS) is 14.5. The highest BCUT2D eigenvalue weighted by Crippen LogP contribution is 2.33. The van der Waals surface area contributed by atoms with Gasteiger partial charge in [-0.15, -0.1) is 0 Å². The van der Waals surface area contributed by atoms with Crippen LogP contribution in [0.3, 0.4) is 0 Å². The molecule has 17 heavy (non-hydrogen) atoms. The van der Waals surface area contributed by atoms with Crippen molar-refractivity contribution in [3.63, 3.8) is 0 Å². The van der Waals surface area contributed by atoms with Gasteiger partial charge in [0.2, 0.25) is 0 Å². The Kier molecular flexibility index (Phi) is 3.72. The second kappa shape index (κ2) is 5.08. The van der Waals surface area contributed by atoms with Crippen LogP contribution in [-0.4, -0.2) is 19.7 Å². The minimum atomic E-state index is -0.341. The van der Waals surface area contributed by atoms with Gasteiger partial charge in [-0.05, 0) is 53.7 Å². The SMILES string of the molecule is COC(=O)c1c(Br)ccc(OCC2CC2)c1C. The van der Waals surface area contributed by atoms with Crippen molar-refractivity contribution in [1.82, 2.24) is 0 Å². The van der Waals surface area contributed by atoms with E-state index in [4.69, 9.17) is 9.47 Å². The number of hydrogen-bond donors (Lipinski definition) is 0. The Hall–Kier alpha value is -1.03. The lowest BCUT2D eigenvalue weighted by atomic mass is 10.1. The van der Waals surface area contributed by atoms with Crippen LogP contribution in [0.2, 0.25) is 0 Å². The third-order valence-corrected chi connectivity index (χ3v) is 3.59. The summed E-state index contributed by atoms with van der Waals surface area (Å²) in [5, 5.41) is 0. The summed E-state index contributed by atoms with van der Waals surface area (Å²) in [6, 6.07) is 3.70. The summed E-state index contributed by atoms with van der Waals surface area (Å²) in [5.74, 6) is 1.12. The highest BCUT2D eigenvalue weighted by Gasteiger charge is 2.23. The van der Waals surface area contributed by atoms with Gasteiger partial charge in [0, 0.05) is 10.0 Å². The van der Waals surface area contributed by atoms with Gasteiger partial charge in [-0.1, -0.05) is 0 Å². The molecule has 1 aromatic carbocycles. The third-order valence-electron chi connectivity index (χ3n) is 2.93. The average Bonchev–Trinajstić information content (AvgIpc) is 3.11. The van der Waals surface area contributed by atoms with E-state index in [0.717, 1.165) is 22.4 Å². The van der Waals surface area contributed by atoms with Crippen molar-refractivity contribution in [2.45, 2.75) is 19.8 Å². The minimum absolute atomic E-state index is 0.341. The maximum atomic E-state index is 11.7. The van der Waals surface area contributed by atoms with E-state index in [1.165, 1.54) is 20.0 Å². The molecule has 0 aromatic heterocycles. The van der Waals surface area contributed by atoms with Crippen molar-refractivity contribution in [2.24, 2.45) is 5.92 Å². The van der Waals surface area contributed by atoms with E-state index in [1.54, 1.807) is 0 Å². The van der Waals surface area contributed by atoms with Crippen molar-refractivity contribution in [3.8, 4) is 5.75 Å². The molecule has 4 heteroatoms. The van der Waals surface area contributed by atoms with Gasteiger partial charge in [0.1, 0.15) is 5.75 Å².